The van der Waals surface area contributed by atoms with Crippen molar-refractivity contribution in [2.45, 2.75) is 12.5 Å². The third-order valence-corrected chi connectivity index (χ3v) is 2.02. The highest BCUT2D eigenvalue weighted by atomic mass is 16.8. The summed E-state index contributed by atoms with van der Waals surface area (Å²) in [5.74, 6) is -0.597. The minimum atomic E-state index is -0.889. The van der Waals surface area contributed by atoms with Gasteiger partial charge in [-0.25, -0.2) is 14.4 Å². The molecule has 1 unspecified atom stereocenters. The van der Waals surface area contributed by atoms with Crippen molar-refractivity contribution in [2.24, 2.45) is 0 Å². The average molecular weight is 274 g/mol. The minimum absolute atomic E-state index is 0.0343. The number of hydrogen-bond donors (Lipinski definition) is 0. The molecule has 0 amide bonds. The van der Waals surface area contributed by atoms with Crippen molar-refractivity contribution in [2.75, 3.05) is 26.4 Å². The summed E-state index contributed by atoms with van der Waals surface area (Å²) < 4.78 is 23.2. The lowest BCUT2D eigenvalue weighted by atomic mass is 10.3. The predicted octanol–water partition coefficient (Wildman–Crippen LogP) is 0.794. The molecule has 0 bridgehead atoms. The van der Waals surface area contributed by atoms with E-state index in [0.29, 0.717) is 6.42 Å². The van der Waals surface area contributed by atoms with Gasteiger partial charge in [0.05, 0.1) is 6.61 Å². The predicted molar refractivity (Wildman–Crippen MR) is 59.3 cm³/mol. The summed E-state index contributed by atoms with van der Waals surface area (Å²) in [6.45, 7) is 3.20. The molecule has 106 valence electrons. The minimum Gasteiger partial charge on any atom is -0.459 e. The molecule has 19 heavy (non-hydrogen) atoms. The van der Waals surface area contributed by atoms with Crippen LogP contribution in [0, 0.1) is 0 Å². The van der Waals surface area contributed by atoms with E-state index >= 15 is 0 Å². The third-order valence-electron chi connectivity index (χ3n) is 2.02. The molecule has 0 radical (unpaired) electrons. The van der Waals surface area contributed by atoms with Crippen LogP contribution < -0.4 is 0 Å². The molecule has 0 aromatic carbocycles. The van der Waals surface area contributed by atoms with Crippen molar-refractivity contribution in [1.82, 2.24) is 0 Å². The van der Waals surface area contributed by atoms with Gasteiger partial charge in [-0.05, 0) is 0 Å². The van der Waals surface area contributed by atoms with Crippen LogP contribution >= 0.6 is 0 Å². The summed E-state index contributed by atoms with van der Waals surface area (Å²) in [5, 5.41) is 0. The molecule has 1 heterocycles. The molecule has 1 rings (SSSR count). The molecular formula is C11H14O8. The third kappa shape index (κ3) is 6.29. The molecule has 1 saturated heterocycles. The van der Waals surface area contributed by atoms with Gasteiger partial charge in [-0.3, -0.25) is 0 Å². The second-order valence-electron chi connectivity index (χ2n) is 3.41. The van der Waals surface area contributed by atoms with Crippen LogP contribution in [0.5, 0.6) is 0 Å². The fraction of sp³-hybridized carbons (Fsp3) is 0.545. The number of rotatable bonds is 7. The smallest absolute Gasteiger partial charge is 0.459 e. The van der Waals surface area contributed by atoms with Gasteiger partial charge in [0, 0.05) is 12.5 Å². The fourth-order valence-electron chi connectivity index (χ4n) is 1.15. The number of carbonyl (C=O) groups is 3. The molecule has 1 atom stereocenters. The van der Waals surface area contributed by atoms with E-state index in [0.717, 1.165) is 6.08 Å². The van der Waals surface area contributed by atoms with Crippen molar-refractivity contribution in [3.63, 3.8) is 0 Å². The Hall–Kier alpha value is -2.25. The largest absolute Gasteiger partial charge is 0.508 e. The highest BCUT2D eigenvalue weighted by Gasteiger charge is 2.24. The first-order valence-electron chi connectivity index (χ1n) is 5.54. The van der Waals surface area contributed by atoms with Crippen LogP contribution in [0.4, 0.5) is 9.59 Å². The van der Waals surface area contributed by atoms with Crippen molar-refractivity contribution in [3.05, 3.63) is 12.7 Å². The maximum atomic E-state index is 11.1. The SMILES string of the molecule is C=CC(=O)OCCOC(=O)OCCC1COC(=O)O1. The molecule has 0 saturated carbocycles. The molecular weight excluding hydrogens is 260 g/mol. The van der Waals surface area contributed by atoms with Crippen molar-refractivity contribution < 1.29 is 38.1 Å². The lowest BCUT2D eigenvalue weighted by molar-refractivity contribution is -0.139. The molecule has 8 nitrogen and oxygen atoms in total. The number of carbonyl (C=O) groups excluding carboxylic acids is 3. The Morgan fingerprint density at radius 2 is 1.95 bits per heavy atom. The molecule has 1 aliphatic rings. The van der Waals surface area contributed by atoms with Gasteiger partial charge in [0.1, 0.15) is 25.9 Å². The summed E-state index contributed by atoms with van der Waals surface area (Å²) in [5.41, 5.74) is 0. The first-order chi connectivity index (χ1) is 9.11. The van der Waals surface area contributed by atoms with Crippen molar-refractivity contribution in [3.8, 4) is 0 Å². The number of esters is 1. The Bertz CT molecular complexity index is 351. The first kappa shape index (κ1) is 14.8. The zero-order valence-electron chi connectivity index (χ0n) is 10.2. The second kappa shape index (κ2) is 7.96. The van der Waals surface area contributed by atoms with Crippen LogP contribution in [0.15, 0.2) is 12.7 Å². The number of hydrogen-bond acceptors (Lipinski definition) is 8. The highest BCUT2D eigenvalue weighted by molar-refractivity contribution is 5.81. The zero-order chi connectivity index (χ0) is 14.1. The van der Waals surface area contributed by atoms with Gasteiger partial charge in [0.25, 0.3) is 0 Å². The molecule has 0 aromatic rings. The summed E-state index contributed by atoms with van der Waals surface area (Å²) in [7, 11) is 0. The first-order valence-corrected chi connectivity index (χ1v) is 5.54. The van der Waals surface area contributed by atoms with Crippen LogP contribution in [0.1, 0.15) is 6.42 Å². The second-order valence-corrected chi connectivity index (χ2v) is 3.41. The fourth-order valence-corrected chi connectivity index (χ4v) is 1.15. The van der Waals surface area contributed by atoms with Gasteiger partial charge in [0.15, 0.2) is 0 Å². The van der Waals surface area contributed by atoms with E-state index in [1.807, 2.05) is 0 Å². The molecule has 1 aliphatic heterocycles. The van der Waals surface area contributed by atoms with E-state index in [9.17, 15) is 14.4 Å². The topological polar surface area (TPSA) is 97.4 Å². The highest BCUT2D eigenvalue weighted by Crippen LogP contribution is 2.09. The molecule has 8 heteroatoms. The van der Waals surface area contributed by atoms with Crippen LogP contribution in [-0.4, -0.2) is 50.8 Å². The van der Waals surface area contributed by atoms with E-state index in [4.69, 9.17) is 9.47 Å². The monoisotopic (exact) mass is 274 g/mol. The summed E-state index contributed by atoms with van der Waals surface area (Å²) in [6.07, 6.45) is -0.694. The lowest BCUT2D eigenvalue weighted by Gasteiger charge is -2.08. The standard InChI is InChI=1S/C11H14O8/c1-2-9(12)15-5-6-17-10(13)16-4-3-8-7-18-11(14)19-8/h2,8H,1,3-7H2. The maximum absolute atomic E-state index is 11.1. The van der Waals surface area contributed by atoms with E-state index < -0.39 is 24.4 Å². The maximum Gasteiger partial charge on any atom is 0.508 e. The van der Waals surface area contributed by atoms with E-state index in [-0.39, 0.29) is 26.4 Å². The summed E-state index contributed by atoms with van der Waals surface area (Å²) in [6, 6.07) is 0. The van der Waals surface area contributed by atoms with Crippen LogP contribution in [-0.2, 0) is 28.5 Å². The van der Waals surface area contributed by atoms with Gasteiger partial charge in [-0.1, -0.05) is 6.58 Å². The Kier molecular flexibility index (Phi) is 6.20. The van der Waals surface area contributed by atoms with Crippen LogP contribution in [0.25, 0.3) is 0 Å². The molecule has 0 aliphatic carbocycles. The van der Waals surface area contributed by atoms with Gasteiger partial charge < -0.3 is 23.7 Å². The number of cyclic esters (lactones) is 2. The summed E-state index contributed by atoms with van der Waals surface area (Å²) in [4.78, 5) is 32.3. The van der Waals surface area contributed by atoms with Crippen molar-refractivity contribution >= 4 is 18.3 Å². The van der Waals surface area contributed by atoms with Gasteiger partial charge in [0.2, 0.25) is 0 Å². The number of ether oxygens (including phenoxy) is 5. The van der Waals surface area contributed by atoms with Crippen LogP contribution in [0.3, 0.4) is 0 Å². The molecule has 1 fully saturated rings. The van der Waals surface area contributed by atoms with E-state index in [1.54, 1.807) is 0 Å². The van der Waals surface area contributed by atoms with Crippen molar-refractivity contribution in [1.29, 1.82) is 0 Å². The normalized spacial score (nSPS) is 17.1. The Morgan fingerprint density at radius 3 is 2.58 bits per heavy atom. The zero-order valence-corrected chi connectivity index (χ0v) is 10.2. The van der Waals surface area contributed by atoms with Gasteiger partial charge in [-0.2, -0.15) is 0 Å². The van der Waals surface area contributed by atoms with Crippen LogP contribution in [0.2, 0.25) is 0 Å². The van der Waals surface area contributed by atoms with Gasteiger partial charge in [-0.15, -0.1) is 0 Å². The van der Waals surface area contributed by atoms with Gasteiger partial charge >= 0.3 is 18.3 Å². The molecule has 0 aromatic heterocycles. The quantitative estimate of drug-likeness (QED) is 0.291. The molecule has 0 N–H and O–H groups in total. The van der Waals surface area contributed by atoms with E-state index in [2.05, 4.69) is 20.8 Å². The lowest BCUT2D eigenvalue weighted by Crippen LogP contribution is -2.17. The Balaban J connectivity index is 1.97. The Labute approximate surface area is 109 Å². The average Bonchev–Trinajstić information content (AvgIpc) is 2.80. The Morgan fingerprint density at radius 1 is 1.26 bits per heavy atom. The van der Waals surface area contributed by atoms with E-state index in [1.165, 1.54) is 0 Å². The molecule has 0 spiro atoms. The summed E-state index contributed by atoms with van der Waals surface area (Å²) >= 11 is 0.